The number of hydrogen-bond donors (Lipinski definition) is 1. The summed E-state index contributed by atoms with van der Waals surface area (Å²) >= 11 is 0. The third kappa shape index (κ3) is 14.6. The monoisotopic (exact) mass is 429 g/mol. The van der Waals surface area contributed by atoms with E-state index in [9.17, 15) is 18.1 Å². The van der Waals surface area contributed by atoms with Crippen LogP contribution >= 0.6 is 0 Å². The first-order valence-electron chi connectivity index (χ1n) is 11.2. The van der Waals surface area contributed by atoms with Gasteiger partial charge in [-0.05, 0) is 44.7 Å². The minimum Gasteiger partial charge on any atom is -0.744 e. The maximum absolute atomic E-state index is 10.4. The molecule has 0 aromatic heterocycles. The first-order chi connectivity index (χ1) is 13.7. The van der Waals surface area contributed by atoms with Crippen LogP contribution < -0.4 is 0 Å². The fourth-order valence-corrected chi connectivity index (χ4v) is 3.62. The Kier molecular flexibility index (Phi) is 15.3. The van der Waals surface area contributed by atoms with Crippen LogP contribution in [0.3, 0.4) is 0 Å². The van der Waals surface area contributed by atoms with Gasteiger partial charge in [0.1, 0.15) is 10.1 Å². The minimum atomic E-state index is -4.27. The maximum atomic E-state index is 10.4. The molecule has 0 bridgehead atoms. The summed E-state index contributed by atoms with van der Waals surface area (Å²) in [6.45, 7) is 8.93. The van der Waals surface area contributed by atoms with Crippen LogP contribution in [0, 0.1) is 6.92 Å². The molecule has 0 aliphatic heterocycles. The molecule has 1 aromatic rings. The highest BCUT2D eigenvalue weighted by atomic mass is 32.2. The summed E-state index contributed by atoms with van der Waals surface area (Å²) in [5.41, 5.74) is 0.928. The van der Waals surface area contributed by atoms with Gasteiger partial charge in [-0.25, -0.2) is 8.42 Å². The zero-order valence-corrected chi connectivity index (χ0v) is 19.8. The summed E-state index contributed by atoms with van der Waals surface area (Å²) in [4.78, 5) is -0.178. The molecule has 0 heterocycles. The van der Waals surface area contributed by atoms with E-state index in [-0.39, 0.29) is 4.90 Å². The smallest absolute Gasteiger partial charge is 0.180 e. The van der Waals surface area contributed by atoms with Crippen molar-refractivity contribution < 1.29 is 22.6 Å². The largest absolute Gasteiger partial charge is 0.744 e. The molecule has 0 aliphatic rings. The lowest BCUT2D eigenvalue weighted by molar-refractivity contribution is -0.927. The van der Waals surface area contributed by atoms with Gasteiger partial charge in [0.2, 0.25) is 0 Å². The van der Waals surface area contributed by atoms with Crippen molar-refractivity contribution in [1.82, 2.24) is 0 Å². The van der Waals surface area contributed by atoms with Crippen molar-refractivity contribution in [3.63, 3.8) is 0 Å². The highest BCUT2D eigenvalue weighted by molar-refractivity contribution is 7.85. The second-order valence-corrected chi connectivity index (χ2v) is 9.68. The van der Waals surface area contributed by atoms with Gasteiger partial charge in [0.15, 0.2) is 6.73 Å². The number of unbranched alkanes of at least 4 members (excludes halogenated alkanes) is 8. The number of nitrogens with zero attached hydrogens (tertiary/aromatic N) is 1. The first kappa shape index (κ1) is 28.1. The van der Waals surface area contributed by atoms with Gasteiger partial charge in [-0.15, -0.1) is 0 Å². The van der Waals surface area contributed by atoms with E-state index in [4.69, 9.17) is 0 Å². The lowest BCUT2D eigenvalue weighted by Gasteiger charge is -2.32. The normalized spacial score (nSPS) is 11.8. The van der Waals surface area contributed by atoms with Crippen molar-refractivity contribution in [2.45, 2.75) is 89.9 Å². The van der Waals surface area contributed by atoms with Crippen LogP contribution in [0.2, 0.25) is 0 Å². The van der Waals surface area contributed by atoms with Gasteiger partial charge >= 0.3 is 0 Å². The minimum absolute atomic E-state index is 0.178. The summed E-state index contributed by atoms with van der Waals surface area (Å²) < 4.78 is 32.0. The van der Waals surface area contributed by atoms with Crippen LogP contribution in [0.5, 0.6) is 0 Å². The van der Waals surface area contributed by atoms with Crippen molar-refractivity contribution >= 4 is 10.1 Å². The molecule has 0 saturated heterocycles. The topological polar surface area (TPSA) is 77.4 Å². The summed E-state index contributed by atoms with van der Waals surface area (Å²) in [6, 6.07) is 5.78. The molecule has 29 heavy (non-hydrogen) atoms. The average molecular weight is 430 g/mol. The first-order valence-corrected chi connectivity index (χ1v) is 12.6. The predicted octanol–water partition coefficient (Wildman–Crippen LogP) is 5.22. The fourth-order valence-electron chi connectivity index (χ4n) is 3.15. The number of rotatable bonds is 14. The van der Waals surface area contributed by atoms with E-state index in [0.717, 1.165) is 23.1 Å². The Morgan fingerprint density at radius 1 is 0.828 bits per heavy atom. The predicted molar refractivity (Wildman–Crippen MR) is 120 cm³/mol. The molecular weight excluding hydrogens is 386 g/mol. The molecule has 6 heteroatoms. The zero-order chi connectivity index (χ0) is 22.2. The lowest BCUT2D eigenvalue weighted by atomic mass is 10.1. The van der Waals surface area contributed by atoms with Crippen molar-refractivity contribution in [3.05, 3.63) is 29.8 Å². The Labute approximate surface area is 179 Å². The summed E-state index contributed by atoms with van der Waals surface area (Å²) in [5, 5.41) is 9.56. The van der Waals surface area contributed by atoms with Crippen LogP contribution in [0.1, 0.15) is 83.6 Å². The molecule has 0 aliphatic carbocycles. The van der Waals surface area contributed by atoms with Crippen LogP contribution in [-0.4, -0.2) is 49.4 Å². The molecule has 170 valence electrons. The highest BCUT2D eigenvalue weighted by Crippen LogP contribution is 2.12. The molecule has 0 radical (unpaired) electrons. The average Bonchev–Trinajstić information content (AvgIpc) is 2.68. The Morgan fingerprint density at radius 3 is 1.59 bits per heavy atom. The highest BCUT2D eigenvalue weighted by Gasteiger charge is 2.18. The quantitative estimate of drug-likeness (QED) is 0.190. The Hall–Kier alpha value is -0.950. The molecule has 0 amide bonds. The van der Waals surface area contributed by atoms with Crippen LogP contribution in [0.4, 0.5) is 0 Å². The van der Waals surface area contributed by atoms with E-state index >= 15 is 0 Å². The number of aliphatic hydroxyl groups excluding tert-OH is 1. The van der Waals surface area contributed by atoms with E-state index < -0.39 is 10.1 Å². The van der Waals surface area contributed by atoms with Gasteiger partial charge in [0, 0.05) is 0 Å². The summed E-state index contributed by atoms with van der Waals surface area (Å²) in [7, 11) is -2.06. The van der Waals surface area contributed by atoms with Crippen LogP contribution in [0.15, 0.2) is 29.2 Å². The molecule has 1 N–H and O–H groups in total. The van der Waals surface area contributed by atoms with Crippen LogP contribution in [0.25, 0.3) is 0 Å². The number of hydrogen-bond acceptors (Lipinski definition) is 4. The van der Waals surface area contributed by atoms with Crippen molar-refractivity contribution in [2.24, 2.45) is 0 Å². The molecular formula is C23H43NO4S. The van der Waals surface area contributed by atoms with Gasteiger partial charge < -0.3 is 14.1 Å². The van der Waals surface area contributed by atoms with Gasteiger partial charge in [0.05, 0.1) is 25.0 Å². The number of aryl methyl sites for hydroxylation is 1. The summed E-state index contributed by atoms with van der Waals surface area (Å²) in [5.74, 6) is 0. The molecule has 5 nitrogen and oxygen atoms in total. The number of quaternary nitrogens is 1. The standard InChI is InChI=1S/C16H36NO.C7H8O3S/c1-4-6-8-10-12-14-17(3,16-18)15-13-11-9-7-5-2;1-6-2-4-7(5-3-6)11(8,9)10/h18H,4-16H2,1-3H3;2-5H,1H3,(H,8,9,10)/q+1;/p-1. The van der Waals surface area contributed by atoms with Crippen LogP contribution in [-0.2, 0) is 10.1 Å². The fraction of sp³-hybridized carbons (Fsp3) is 0.739. The third-order valence-electron chi connectivity index (χ3n) is 5.25. The summed E-state index contributed by atoms with van der Waals surface area (Å²) in [6.07, 6.45) is 13.3. The molecule has 1 rings (SSSR count). The second kappa shape index (κ2) is 15.8. The molecule has 0 atom stereocenters. The Balaban J connectivity index is 0.000000604. The number of benzene rings is 1. The van der Waals surface area contributed by atoms with E-state index in [1.165, 1.54) is 76.3 Å². The van der Waals surface area contributed by atoms with Crippen molar-refractivity contribution in [3.8, 4) is 0 Å². The molecule has 0 saturated carbocycles. The Bertz CT molecular complexity index is 600. The third-order valence-corrected chi connectivity index (χ3v) is 6.10. The van der Waals surface area contributed by atoms with Gasteiger partial charge in [-0.1, -0.05) is 70.1 Å². The number of aliphatic hydroxyl groups is 1. The SMILES string of the molecule is CCCCCCC[N+](C)(CO)CCCCCCC.Cc1ccc(S(=O)(=O)[O-])cc1. The second-order valence-electron chi connectivity index (χ2n) is 8.30. The van der Waals surface area contributed by atoms with E-state index in [1.54, 1.807) is 12.1 Å². The van der Waals surface area contributed by atoms with Crippen molar-refractivity contribution in [2.75, 3.05) is 26.9 Å². The van der Waals surface area contributed by atoms with E-state index in [2.05, 4.69) is 20.9 Å². The molecule has 0 fully saturated rings. The van der Waals surface area contributed by atoms with Crippen molar-refractivity contribution in [1.29, 1.82) is 0 Å². The maximum Gasteiger partial charge on any atom is 0.180 e. The molecule has 0 unspecified atom stereocenters. The van der Waals surface area contributed by atoms with Gasteiger partial charge in [-0.2, -0.15) is 0 Å². The van der Waals surface area contributed by atoms with Gasteiger partial charge in [0.25, 0.3) is 0 Å². The molecule has 0 spiro atoms. The molecule has 1 aromatic carbocycles. The van der Waals surface area contributed by atoms with E-state index in [1.807, 2.05) is 6.92 Å². The van der Waals surface area contributed by atoms with E-state index in [0.29, 0.717) is 6.73 Å². The van der Waals surface area contributed by atoms with Gasteiger partial charge in [-0.3, -0.25) is 0 Å². The zero-order valence-electron chi connectivity index (χ0n) is 19.0. The lowest BCUT2D eigenvalue weighted by Crippen LogP contribution is -2.46. The Morgan fingerprint density at radius 2 is 1.24 bits per heavy atom.